The fraction of sp³-hybridized carbons (Fsp3) is 0. The maximum atomic E-state index is 4.68. The monoisotopic (exact) mass is 274 g/mol. The Morgan fingerprint density at radius 1 is 1.29 bits per heavy atom. The van der Waals surface area contributed by atoms with Gasteiger partial charge in [0.05, 0.1) is 0 Å². The molecule has 1 nitrogen and oxygen atoms in total. The SMILES string of the molecule is C1=C[CH-]OC=C1.[Ir]. The van der Waals surface area contributed by atoms with Crippen LogP contribution < -0.4 is 0 Å². The van der Waals surface area contributed by atoms with Gasteiger partial charge in [-0.15, -0.1) is 6.08 Å². The van der Waals surface area contributed by atoms with E-state index in [-0.39, 0.29) is 20.1 Å². The average Bonchev–Trinajstić information content (AvgIpc) is 1.72. The normalized spacial score (nSPS) is 13.7. The van der Waals surface area contributed by atoms with E-state index in [4.69, 9.17) is 0 Å². The van der Waals surface area contributed by atoms with E-state index in [2.05, 4.69) is 4.74 Å². The van der Waals surface area contributed by atoms with Gasteiger partial charge in [-0.1, -0.05) is 6.61 Å². The summed E-state index contributed by atoms with van der Waals surface area (Å²) in [5.74, 6) is 0. The van der Waals surface area contributed by atoms with Crippen molar-refractivity contribution in [3.63, 3.8) is 0 Å². The number of hydrogen-bond donors (Lipinski definition) is 0. The minimum atomic E-state index is 0. The van der Waals surface area contributed by atoms with E-state index in [9.17, 15) is 0 Å². The van der Waals surface area contributed by atoms with Gasteiger partial charge in [-0.05, 0) is 0 Å². The summed E-state index contributed by atoms with van der Waals surface area (Å²) in [6, 6.07) is 0. The number of hydrogen-bond acceptors (Lipinski definition) is 1. The molecule has 0 aromatic heterocycles. The van der Waals surface area contributed by atoms with Gasteiger partial charge in [0.1, 0.15) is 0 Å². The van der Waals surface area contributed by atoms with Crippen molar-refractivity contribution < 1.29 is 24.8 Å². The molecule has 0 atom stereocenters. The molecule has 0 amide bonds. The van der Waals surface area contributed by atoms with Crippen LogP contribution in [-0.4, -0.2) is 0 Å². The fourth-order valence-corrected chi connectivity index (χ4v) is 0.291. The zero-order valence-electron chi connectivity index (χ0n) is 3.63. The predicted octanol–water partition coefficient (Wildman–Crippen LogP) is 1.25. The van der Waals surface area contributed by atoms with Crippen molar-refractivity contribution in [2.75, 3.05) is 0 Å². The van der Waals surface area contributed by atoms with Crippen LogP contribution in [0, 0.1) is 6.61 Å². The van der Waals surface area contributed by atoms with Gasteiger partial charge < -0.3 is 4.74 Å². The molecule has 7 heavy (non-hydrogen) atoms. The summed E-state index contributed by atoms with van der Waals surface area (Å²) in [5.41, 5.74) is 0. The smallest absolute Gasteiger partial charge is 0.0477 e. The summed E-state index contributed by atoms with van der Waals surface area (Å²) in [7, 11) is 0. The van der Waals surface area contributed by atoms with Gasteiger partial charge in [-0.3, -0.25) is 0 Å². The van der Waals surface area contributed by atoms with Crippen LogP contribution >= 0.6 is 0 Å². The second-order valence-corrected chi connectivity index (χ2v) is 0.986. The first kappa shape index (κ1) is 6.80. The van der Waals surface area contributed by atoms with Crippen molar-refractivity contribution in [1.29, 1.82) is 0 Å². The topological polar surface area (TPSA) is 9.23 Å². The van der Waals surface area contributed by atoms with Crippen LogP contribution in [0.4, 0.5) is 0 Å². The molecule has 0 spiro atoms. The Hall–Kier alpha value is -0.201. The van der Waals surface area contributed by atoms with Crippen molar-refractivity contribution in [2.45, 2.75) is 0 Å². The molecule has 1 aliphatic rings. The second-order valence-electron chi connectivity index (χ2n) is 0.986. The molecule has 0 N–H and O–H groups in total. The van der Waals surface area contributed by atoms with Crippen LogP contribution in [0.3, 0.4) is 0 Å². The summed E-state index contributed by atoms with van der Waals surface area (Å²) in [6.45, 7) is 1.62. The summed E-state index contributed by atoms with van der Waals surface area (Å²) in [6.07, 6.45) is 7.20. The molecule has 0 saturated heterocycles. The quantitative estimate of drug-likeness (QED) is 0.604. The fourth-order valence-electron chi connectivity index (χ4n) is 0.291. The van der Waals surface area contributed by atoms with E-state index < -0.39 is 0 Å². The van der Waals surface area contributed by atoms with E-state index in [1.165, 1.54) is 0 Å². The number of rotatable bonds is 0. The maximum absolute atomic E-state index is 4.68. The third-order valence-corrected chi connectivity index (χ3v) is 0.536. The summed E-state index contributed by atoms with van der Waals surface area (Å²) < 4.78 is 4.68. The van der Waals surface area contributed by atoms with Crippen molar-refractivity contribution >= 4 is 0 Å². The van der Waals surface area contributed by atoms with E-state index in [0.29, 0.717) is 0 Å². The summed E-state index contributed by atoms with van der Waals surface area (Å²) in [4.78, 5) is 0. The minimum Gasteiger partial charge on any atom is -0.560 e. The number of ether oxygens (including phenoxy) is 1. The van der Waals surface area contributed by atoms with Crippen LogP contribution in [0.2, 0.25) is 0 Å². The third-order valence-electron chi connectivity index (χ3n) is 0.536. The standard InChI is InChI=1S/C5H5O.Ir/c1-2-4-6-5-3-1;/h1-5H;/q-1;. The molecule has 1 heterocycles. The van der Waals surface area contributed by atoms with Crippen LogP contribution in [0.25, 0.3) is 0 Å². The molecule has 41 valence electrons. The van der Waals surface area contributed by atoms with Crippen molar-refractivity contribution in [3.8, 4) is 0 Å². The van der Waals surface area contributed by atoms with E-state index in [0.717, 1.165) is 0 Å². The Morgan fingerprint density at radius 2 is 2.14 bits per heavy atom. The molecule has 0 unspecified atom stereocenters. The molecule has 1 rings (SSSR count). The van der Waals surface area contributed by atoms with Gasteiger partial charge in [-0.25, -0.2) is 6.08 Å². The Labute approximate surface area is 56.4 Å². The zero-order chi connectivity index (χ0) is 4.24. The van der Waals surface area contributed by atoms with E-state index in [1.807, 2.05) is 18.2 Å². The molecule has 0 fully saturated rings. The van der Waals surface area contributed by atoms with Gasteiger partial charge in [0, 0.05) is 26.4 Å². The maximum Gasteiger partial charge on any atom is 0.0477 e. The van der Waals surface area contributed by atoms with Crippen LogP contribution in [0.5, 0.6) is 0 Å². The molecule has 1 radical (unpaired) electrons. The number of allylic oxidation sites excluding steroid dienone is 2. The van der Waals surface area contributed by atoms with Gasteiger partial charge in [0.15, 0.2) is 0 Å². The van der Waals surface area contributed by atoms with Gasteiger partial charge in [0.2, 0.25) is 0 Å². The first-order chi connectivity index (χ1) is 3.00. The minimum absolute atomic E-state index is 0. The Balaban J connectivity index is 0.000000360. The van der Waals surface area contributed by atoms with Gasteiger partial charge >= 0.3 is 0 Å². The van der Waals surface area contributed by atoms with Gasteiger partial charge in [-0.2, -0.15) is 6.08 Å². The average molecular weight is 273 g/mol. The molecule has 0 saturated carbocycles. The van der Waals surface area contributed by atoms with E-state index >= 15 is 0 Å². The van der Waals surface area contributed by atoms with E-state index in [1.54, 1.807) is 12.9 Å². The molecular formula is C5H5IrO-. The second kappa shape index (κ2) is 3.97. The van der Waals surface area contributed by atoms with Crippen LogP contribution in [0.15, 0.2) is 24.5 Å². The van der Waals surface area contributed by atoms with Crippen molar-refractivity contribution in [1.82, 2.24) is 0 Å². The Kier molecular flexibility index (Phi) is 3.86. The first-order valence-corrected chi connectivity index (χ1v) is 1.80. The summed E-state index contributed by atoms with van der Waals surface area (Å²) in [5, 5.41) is 0. The van der Waals surface area contributed by atoms with Crippen molar-refractivity contribution in [2.24, 2.45) is 0 Å². The molecule has 1 aliphatic heterocycles. The first-order valence-electron chi connectivity index (χ1n) is 1.80. The zero-order valence-corrected chi connectivity index (χ0v) is 6.02. The molecule has 0 bridgehead atoms. The third kappa shape index (κ3) is 2.49. The molecule has 0 aromatic carbocycles. The Morgan fingerprint density at radius 3 is 2.29 bits per heavy atom. The summed E-state index contributed by atoms with van der Waals surface area (Å²) >= 11 is 0. The van der Waals surface area contributed by atoms with Gasteiger partial charge in [0.25, 0.3) is 0 Å². The Bertz CT molecular complexity index is 74.1. The molecular weight excluding hydrogens is 268 g/mol. The van der Waals surface area contributed by atoms with Crippen LogP contribution in [0.1, 0.15) is 0 Å². The molecule has 0 aliphatic carbocycles. The van der Waals surface area contributed by atoms with Crippen LogP contribution in [-0.2, 0) is 24.8 Å². The largest absolute Gasteiger partial charge is 0.560 e. The molecule has 2 heteroatoms. The predicted molar refractivity (Wildman–Crippen MR) is 23.7 cm³/mol. The van der Waals surface area contributed by atoms with Crippen molar-refractivity contribution in [3.05, 3.63) is 31.1 Å². The molecule has 0 aromatic rings.